The second-order valence-electron chi connectivity index (χ2n) is 13.3. The number of hydrogen-bond donors (Lipinski definition) is 2. The van der Waals surface area contributed by atoms with Crippen LogP contribution in [0.15, 0.2) is 65.6 Å². The van der Waals surface area contributed by atoms with E-state index in [-0.39, 0.29) is 49.0 Å². The number of aliphatic hydroxyl groups excluding tert-OH is 1. The number of fused-ring (bicyclic) bond motifs is 2. The number of methoxy groups -OCH3 is 1. The molecule has 11 nitrogen and oxygen atoms in total. The Labute approximate surface area is 278 Å². The number of benzene rings is 2. The number of alkyl carbamates (subject to hydrolysis) is 1. The minimum absolute atomic E-state index is 0.00421. The largest absolute Gasteiger partial charge is 0.497 e. The lowest BCUT2D eigenvalue weighted by Crippen LogP contribution is -2.52. The summed E-state index contributed by atoms with van der Waals surface area (Å²) in [6.45, 7) is 5.02. The van der Waals surface area contributed by atoms with E-state index in [4.69, 9.17) is 23.7 Å². The molecule has 0 aromatic heterocycles. The van der Waals surface area contributed by atoms with E-state index in [1.54, 1.807) is 12.1 Å². The summed E-state index contributed by atoms with van der Waals surface area (Å²) in [4.78, 5) is 13.2. The van der Waals surface area contributed by atoms with Gasteiger partial charge in [0.25, 0.3) is 0 Å². The maximum atomic E-state index is 14.5. The van der Waals surface area contributed by atoms with E-state index in [1.165, 1.54) is 17.5 Å². The van der Waals surface area contributed by atoms with Gasteiger partial charge >= 0.3 is 6.09 Å². The van der Waals surface area contributed by atoms with E-state index in [1.807, 2.05) is 44.2 Å². The van der Waals surface area contributed by atoms with Gasteiger partial charge in [0.2, 0.25) is 10.0 Å². The number of sulfonamides is 1. The molecular weight excluding hydrogens is 624 g/mol. The Hall–Kier alpha value is -3.16. The molecule has 0 bridgehead atoms. The molecule has 2 saturated heterocycles. The smallest absolute Gasteiger partial charge is 0.407 e. The summed E-state index contributed by atoms with van der Waals surface area (Å²) < 4.78 is 58.6. The van der Waals surface area contributed by atoms with Crippen molar-refractivity contribution in [1.29, 1.82) is 0 Å². The Morgan fingerprint density at radius 1 is 1.11 bits per heavy atom. The molecule has 47 heavy (non-hydrogen) atoms. The zero-order valence-electron chi connectivity index (χ0n) is 27.5. The topological polar surface area (TPSA) is 133 Å². The SMILES string of the molecule is COc1ccc2c(c1)OCCC/C=C/CCC(C)(C)CN(C[C@@H](O)[C@H](Cc1ccccc1)NC(=O)O[C@H]1CO[C@H]3OCC[C@H]31)S2(=O)=O. The standard InChI is InChI=1S/C35H48N2O9S/c1-35(2)17-10-5-4-6-11-18-43-30-21-26(42-3)14-15-32(30)47(40,41)37(24-35)22-29(38)28(20-25-12-8-7-9-13-25)36-34(39)46-31-23-45-33-27(31)16-19-44-33/h4-5,7-9,12-15,21,27-29,31,33,38H,6,10-11,16-20,22-24H2,1-3H3,(H,36,39)/b5-4+/t27-,28-,29+,31-,33+/m0/s1. The molecule has 3 heterocycles. The molecule has 3 aliphatic heterocycles. The summed E-state index contributed by atoms with van der Waals surface area (Å²) in [5, 5.41) is 14.7. The number of aliphatic hydroxyl groups is 1. The van der Waals surface area contributed by atoms with Crippen molar-refractivity contribution in [3.63, 3.8) is 0 Å². The third-order valence-electron chi connectivity index (χ3n) is 9.00. The molecule has 3 aliphatic rings. The Bertz CT molecular complexity index is 1470. The number of rotatable bonds is 8. The zero-order valence-corrected chi connectivity index (χ0v) is 28.3. The van der Waals surface area contributed by atoms with Gasteiger partial charge in [-0.15, -0.1) is 0 Å². The van der Waals surface area contributed by atoms with Crippen LogP contribution in [-0.4, -0.2) is 88.5 Å². The minimum atomic E-state index is -4.19. The van der Waals surface area contributed by atoms with Crippen molar-refractivity contribution in [1.82, 2.24) is 9.62 Å². The van der Waals surface area contributed by atoms with Crippen LogP contribution in [0, 0.1) is 11.3 Å². The molecule has 1 amide bonds. The van der Waals surface area contributed by atoms with Crippen LogP contribution in [0.2, 0.25) is 0 Å². The van der Waals surface area contributed by atoms with Gasteiger partial charge in [0.05, 0.1) is 45.0 Å². The third-order valence-corrected chi connectivity index (χ3v) is 10.9. The first kappa shape index (κ1) is 35.2. The van der Waals surface area contributed by atoms with Gasteiger partial charge in [-0.25, -0.2) is 13.2 Å². The van der Waals surface area contributed by atoms with Crippen molar-refractivity contribution < 1.29 is 42.0 Å². The number of ether oxygens (including phenoxy) is 5. The fourth-order valence-corrected chi connectivity index (χ4v) is 8.09. The van der Waals surface area contributed by atoms with Crippen molar-refractivity contribution in [2.24, 2.45) is 11.3 Å². The molecular formula is C35H48N2O9S. The van der Waals surface area contributed by atoms with Crippen molar-refractivity contribution in [3.05, 3.63) is 66.2 Å². The number of nitrogens with one attached hydrogen (secondary N) is 1. The number of nitrogens with zero attached hydrogens (tertiary/aromatic N) is 1. The molecule has 5 rings (SSSR count). The van der Waals surface area contributed by atoms with E-state index >= 15 is 0 Å². The molecule has 0 spiro atoms. The van der Waals surface area contributed by atoms with Gasteiger partial charge < -0.3 is 34.1 Å². The second kappa shape index (κ2) is 15.8. The number of hydrogen-bond acceptors (Lipinski definition) is 9. The Morgan fingerprint density at radius 3 is 2.68 bits per heavy atom. The number of allylic oxidation sites excluding steroid dienone is 2. The summed E-state index contributed by atoms with van der Waals surface area (Å²) in [5.74, 6) is 0.621. The summed E-state index contributed by atoms with van der Waals surface area (Å²) in [6, 6.07) is 13.2. The van der Waals surface area contributed by atoms with Crippen LogP contribution in [0.25, 0.3) is 0 Å². The molecule has 5 atom stereocenters. The summed E-state index contributed by atoms with van der Waals surface area (Å²) in [5.41, 5.74) is 0.436. The van der Waals surface area contributed by atoms with Crippen LogP contribution >= 0.6 is 0 Å². The Morgan fingerprint density at radius 2 is 1.89 bits per heavy atom. The molecule has 2 aromatic carbocycles. The van der Waals surface area contributed by atoms with Crippen LogP contribution in [0.1, 0.15) is 51.5 Å². The number of amides is 1. The first-order valence-corrected chi connectivity index (χ1v) is 17.9. The maximum Gasteiger partial charge on any atom is 0.407 e. The fourth-order valence-electron chi connectivity index (χ4n) is 6.34. The van der Waals surface area contributed by atoms with E-state index in [0.717, 1.165) is 37.7 Å². The average molecular weight is 673 g/mol. The lowest BCUT2D eigenvalue weighted by Gasteiger charge is -2.35. The molecule has 2 N–H and O–H groups in total. The molecule has 0 aliphatic carbocycles. The normalized spacial score (nSPS) is 26.4. The van der Waals surface area contributed by atoms with Gasteiger partial charge in [0.15, 0.2) is 6.29 Å². The van der Waals surface area contributed by atoms with Gasteiger partial charge in [0, 0.05) is 19.2 Å². The summed E-state index contributed by atoms with van der Waals surface area (Å²) in [7, 11) is -2.67. The van der Waals surface area contributed by atoms with Gasteiger partial charge in [-0.1, -0.05) is 56.3 Å². The van der Waals surface area contributed by atoms with Crippen LogP contribution in [0.3, 0.4) is 0 Å². The maximum absolute atomic E-state index is 14.5. The fraction of sp³-hybridized carbons (Fsp3) is 0.571. The van der Waals surface area contributed by atoms with E-state index in [2.05, 4.69) is 17.5 Å². The van der Waals surface area contributed by atoms with Crippen LogP contribution in [0.5, 0.6) is 11.5 Å². The second-order valence-corrected chi connectivity index (χ2v) is 15.2. The first-order chi connectivity index (χ1) is 22.6. The molecule has 0 radical (unpaired) electrons. The lowest BCUT2D eigenvalue weighted by molar-refractivity contribution is -0.0907. The van der Waals surface area contributed by atoms with Crippen molar-refractivity contribution in [2.45, 2.75) is 81.8 Å². The predicted octanol–water partition coefficient (Wildman–Crippen LogP) is 4.68. The van der Waals surface area contributed by atoms with Crippen molar-refractivity contribution in [2.75, 3.05) is 40.0 Å². The van der Waals surface area contributed by atoms with Gasteiger partial charge in [0.1, 0.15) is 22.5 Å². The summed E-state index contributed by atoms with van der Waals surface area (Å²) >= 11 is 0. The van der Waals surface area contributed by atoms with Crippen LogP contribution in [0.4, 0.5) is 4.79 Å². The van der Waals surface area contributed by atoms with Gasteiger partial charge in [-0.05, 0) is 61.6 Å². The highest BCUT2D eigenvalue weighted by Crippen LogP contribution is 2.35. The molecule has 0 unspecified atom stereocenters. The highest BCUT2D eigenvalue weighted by molar-refractivity contribution is 7.89. The molecule has 0 saturated carbocycles. The molecule has 258 valence electrons. The lowest BCUT2D eigenvalue weighted by atomic mass is 9.87. The number of carbonyl (C=O) groups is 1. The number of β-amino-alcohol motifs (C(OH)–C–C–N with tert-alkyl or cyclic N) is 1. The Balaban J connectivity index is 1.42. The molecule has 12 heteroatoms. The molecule has 2 fully saturated rings. The van der Waals surface area contributed by atoms with Gasteiger partial charge in [-0.2, -0.15) is 4.31 Å². The van der Waals surface area contributed by atoms with Gasteiger partial charge in [-0.3, -0.25) is 0 Å². The van der Waals surface area contributed by atoms with Crippen LogP contribution < -0.4 is 14.8 Å². The predicted molar refractivity (Wildman–Crippen MR) is 176 cm³/mol. The van der Waals surface area contributed by atoms with E-state index in [9.17, 15) is 18.3 Å². The highest BCUT2D eigenvalue weighted by atomic mass is 32.2. The minimum Gasteiger partial charge on any atom is -0.497 e. The van der Waals surface area contributed by atoms with Crippen molar-refractivity contribution in [3.8, 4) is 11.5 Å². The number of carbonyl (C=O) groups excluding carboxylic acids is 1. The third kappa shape index (κ3) is 9.26. The van der Waals surface area contributed by atoms with Crippen LogP contribution in [-0.2, 0) is 30.7 Å². The molecule has 2 aromatic rings. The average Bonchev–Trinajstić information content (AvgIpc) is 3.66. The van der Waals surface area contributed by atoms with Crippen molar-refractivity contribution >= 4 is 16.1 Å². The van der Waals surface area contributed by atoms with E-state index in [0.29, 0.717) is 19.0 Å². The Kier molecular flexibility index (Phi) is 11.8. The quantitative estimate of drug-likeness (QED) is 0.384. The highest BCUT2D eigenvalue weighted by Gasteiger charge is 2.44. The van der Waals surface area contributed by atoms with E-state index < -0.39 is 39.8 Å². The zero-order chi connectivity index (χ0) is 33.4. The monoisotopic (exact) mass is 672 g/mol. The summed E-state index contributed by atoms with van der Waals surface area (Å²) in [6.07, 6.45) is 5.50. The first-order valence-electron chi connectivity index (χ1n) is 16.4.